The average Bonchev–Trinajstić information content (AvgIpc) is 2.81. The standard InChI is InChI=1S/C13H24N4O/c1-3-5-12-15-8-11-17(12)10-6-13(18)16(2)9-4-7-14/h8,11H,3-7,9-10,14H2,1-2H3. The molecule has 0 fully saturated rings. The minimum Gasteiger partial charge on any atom is -0.346 e. The van der Waals surface area contributed by atoms with Crippen LogP contribution < -0.4 is 5.73 Å². The summed E-state index contributed by atoms with van der Waals surface area (Å²) >= 11 is 0. The highest BCUT2D eigenvalue weighted by Crippen LogP contribution is 2.04. The first-order chi connectivity index (χ1) is 8.69. The Morgan fingerprint density at radius 1 is 1.56 bits per heavy atom. The number of aryl methyl sites for hydroxylation is 2. The van der Waals surface area contributed by atoms with Gasteiger partial charge in [0, 0.05) is 45.4 Å². The molecule has 18 heavy (non-hydrogen) atoms. The van der Waals surface area contributed by atoms with Gasteiger partial charge in [0.25, 0.3) is 0 Å². The smallest absolute Gasteiger partial charge is 0.224 e. The molecule has 0 aliphatic rings. The third-order valence-corrected chi connectivity index (χ3v) is 2.97. The van der Waals surface area contributed by atoms with Gasteiger partial charge in [0.15, 0.2) is 0 Å². The van der Waals surface area contributed by atoms with Crippen LogP contribution in [0.4, 0.5) is 0 Å². The summed E-state index contributed by atoms with van der Waals surface area (Å²) in [6.07, 6.45) is 7.15. The first-order valence-corrected chi connectivity index (χ1v) is 6.63. The largest absolute Gasteiger partial charge is 0.346 e. The van der Waals surface area contributed by atoms with Gasteiger partial charge in [-0.1, -0.05) is 6.92 Å². The van der Waals surface area contributed by atoms with Crippen LogP contribution in [0.25, 0.3) is 0 Å². The monoisotopic (exact) mass is 252 g/mol. The van der Waals surface area contributed by atoms with Crippen LogP contribution in [0.1, 0.15) is 32.0 Å². The van der Waals surface area contributed by atoms with Gasteiger partial charge in [-0.05, 0) is 19.4 Å². The molecule has 0 aliphatic heterocycles. The number of amides is 1. The number of nitrogens with zero attached hydrogens (tertiary/aromatic N) is 3. The van der Waals surface area contributed by atoms with Crippen LogP contribution >= 0.6 is 0 Å². The predicted molar refractivity (Wildman–Crippen MR) is 72.1 cm³/mol. The van der Waals surface area contributed by atoms with E-state index in [0.29, 0.717) is 19.5 Å². The van der Waals surface area contributed by atoms with Crippen molar-refractivity contribution >= 4 is 5.91 Å². The molecular formula is C13H24N4O. The zero-order valence-electron chi connectivity index (χ0n) is 11.4. The number of aromatic nitrogens is 2. The summed E-state index contributed by atoms with van der Waals surface area (Å²) in [5.41, 5.74) is 5.43. The van der Waals surface area contributed by atoms with Crippen LogP contribution in [0.3, 0.4) is 0 Å². The zero-order chi connectivity index (χ0) is 13.4. The van der Waals surface area contributed by atoms with Crippen molar-refractivity contribution in [2.75, 3.05) is 20.1 Å². The third kappa shape index (κ3) is 4.49. The highest BCUT2D eigenvalue weighted by molar-refractivity contribution is 5.75. The van der Waals surface area contributed by atoms with Crippen molar-refractivity contribution < 1.29 is 4.79 Å². The van der Waals surface area contributed by atoms with E-state index in [4.69, 9.17) is 5.73 Å². The van der Waals surface area contributed by atoms with Gasteiger partial charge in [-0.2, -0.15) is 0 Å². The summed E-state index contributed by atoms with van der Waals surface area (Å²) in [6, 6.07) is 0. The topological polar surface area (TPSA) is 64.2 Å². The van der Waals surface area contributed by atoms with Crippen molar-refractivity contribution in [3.63, 3.8) is 0 Å². The Kier molecular flexibility index (Phi) is 6.43. The molecule has 0 saturated carbocycles. The first-order valence-electron chi connectivity index (χ1n) is 6.63. The second kappa shape index (κ2) is 7.87. The fraction of sp³-hybridized carbons (Fsp3) is 0.692. The van der Waals surface area contributed by atoms with Crippen molar-refractivity contribution in [3.8, 4) is 0 Å². The van der Waals surface area contributed by atoms with Crippen molar-refractivity contribution in [1.29, 1.82) is 0 Å². The number of carbonyl (C=O) groups excluding carboxylic acids is 1. The molecular weight excluding hydrogens is 228 g/mol. The molecule has 102 valence electrons. The van der Waals surface area contributed by atoms with Crippen molar-refractivity contribution in [2.45, 2.75) is 39.2 Å². The fourth-order valence-electron chi connectivity index (χ4n) is 1.86. The maximum absolute atomic E-state index is 11.9. The van der Waals surface area contributed by atoms with E-state index in [0.717, 1.165) is 31.6 Å². The average molecular weight is 252 g/mol. The van der Waals surface area contributed by atoms with E-state index in [1.807, 2.05) is 13.2 Å². The molecule has 0 saturated heterocycles. The van der Waals surface area contributed by atoms with Gasteiger partial charge in [0.05, 0.1) is 0 Å². The predicted octanol–water partition coefficient (Wildman–Crippen LogP) is 1.03. The third-order valence-electron chi connectivity index (χ3n) is 2.97. The van der Waals surface area contributed by atoms with Crippen molar-refractivity contribution in [2.24, 2.45) is 5.73 Å². The van der Waals surface area contributed by atoms with Crippen LogP contribution in [0.5, 0.6) is 0 Å². The summed E-state index contributed by atoms with van der Waals surface area (Å²) in [4.78, 5) is 17.9. The molecule has 2 N–H and O–H groups in total. The van der Waals surface area contributed by atoms with Crippen LogP contribution in [0.15, 0.2) is 12.4 Å². The molecule has 0 atom stereocenters. The van der Waals surface area contributed by atoms with Gasteiger partial charge in [0.2, 0.25) is 5.91 Å². The highest BCUT2D eigenvalue weighted by Gasteiger charge is 2.09. The number of rotatable bonds is 8. The van der Waals surface area contributed by atoms with E-state index in [1.54, 1.807) is 11.1 Å². The van der Waals surface area contributed by atoms with E-state index in [-0.39, 0.29) is 5.91 Å². The SMILES string of the molecule is CCCc1nccn1CCC(=O)N(C)CCCN. The summed E-state index contributed by atoms with van der Waals surface area (Å²) < 4.78 is 2.07. The lowest BCUT2D eigenvalue weighted by Crippen LogP contribution is -2.29. The maximum atomic E-state index is 11.9. The minimum absolute atomic E-state index is 0.166. The van der Waals surface area contributed by atoms with Gasteiger partial charge in [0.1, 0.15) is 5.82 Å². The van der Waals surface area contributed by atoms with Gasteiger partial charge in [-0.15, -0.1) is 0 Å². The minimum atomic E-state index is 0.166. The molecule has 5 heteroatoms. The molecule has 0 unspecified atom stereocenters. The summed E-state index contributed by atoms with van der Waals surface area (Å²) in [5.74, 6) is 1.23. The molecule has 1 aromatic heterocycles. The molecule has 0 spiro atoms. The molecule has 0 bridgehead atoms. The summed E-state index contributed by atoms with van der Waals surface area (Å²) in [6.45, 7) is 4.20. The lowest BCUT2D eigenvalue weighted by molar-refractivity contribution is -0.130. The second-order valence-electron chi connectivity index (χ2n) is 4.49. The van der Waals surface area contributed by atoms with Gasteiger partial charge in [-0.25, -0.2) is 4.98 Å². The quantitative estimate of drug-likeness (QED) is 0.751. The van der Waals surface area contributed by atoms with Gasteiger partial charge >= 0.3 is 0 Å². The van der Waals surface area contributed by atoms with E-state index in [9.17, 15) is 4.79 Å². The Morgan fingerprint density at radius 2 is 2.33 bits per heavy atom. The maximum Gasteiger partial charge on any atom is 0.224 e. The summed E-state index contributed by atoms with van der Waals surface area (Å²) in [5, 5.41) is 0. The van der Waals surface area contributed by atoms with Crippen molar-refractivity contribution in [1.82, 2.24) is 14.5 Å². The second-order valence-corrected chi connectivity index (χ2v) is 4.49. The summed E-state index contributed by atoms with van der Waals surface area (Å²) in [7, 11) is 1.83. The van der Waals surface area contributed by atoms with Gasteiger partial charge < -0.3 is 15.2 Å². The molecule has 1 aromatic rings. The molecule has 5 nitrogen and oxygen atoms in total. The zero-order valence-corrected chi connectivity index (χ0v) is 11.4. The first kappa shape index (κ1) is 14.7. The molecule has 1 rings (SSSR count). The number of hydrogen-bond donors (Lipinski definition) is 1. The number of imidazole rings is 1. The Morgan fingerprint density at radius 3 is 3.00 bits per heavy atom. The van der Waals surface area contributed by atoms with E-state index in [2.05, 4.69) is 16.5 Å². The molecule has 0 aromatic carbocycles. The molecule has 0 radical (unpaired) electrons. The number of hydrogen-bond acceptors (Lipinski definition) is 3. The van der Waals surface area contributed by atoms with E-state index in [1.165, 1.54) is 0 Å². The fourth-order valence-corrected chi connectivity index (χ4v) is 1.86. The Labute approximate surface area is 109 Å². The van der Waals surface area contributed by atoms with Gasteiger partial charge in [-0.3, -0.25) is 4.79 Å². The molecule has 0 aliphatic carbocycles. The van der Waals surface area contributed by atoms with E-state index >= 15 is 0 Å². The number of nitrogens with two attached hydrogens (primary N) is 1. The Balaban J connectivity index is 2.39. The number of carbonyl (C=O) groups is 1. The van der Waals surface area contributed by atoms with E-state index < -0.39 is 0 Å². The normalized spacial score (nSPS) is 10.6. The lowest BCUT2D eigenvalue weighted by Gasteiger charge is -2.17. The Bertz CT molecular complexity index is 362. The highest BCUT2D eigenvalue weighted by atomic mass is 16.2. The van der Waals surface area contributed by atoms with Crippen LogP contribution in [-0.4, -0.2) is 40.5 Å². The molecule has 1 amide bonds. The molecule has 1 heterocycles. The lowest BCUT2D eigenvalue weighted by atomic mass is 10.3. The van der Waals surface area contributed by atoms with Crippen molar-refractivity contribution in [3.05, 3.63) is 18.2 Å². The van der Waals surface area contributed by atoms with Crippen LogP contribution in [0.2, 0.25) is 0 Å². The van der Waals surface area contributed by atoms with Crippen LogP contribution in [-0.2, 0) is 17.8 Å². The Hall–Kier alpha value is -1.36. The van der Waals surface area contributed by atoms with Crippen LogP contribution in [0, 0.1) is 0 Å².